The fraction of sp³-hybridized carbons (Fsp3) is 0.0606. The van der Waals surface area contributed by atoms with Gasteiger partial charge in [0, 0.05) is 0 Å². The predicted octanol–water partition coefficient (Wildman–Crippen LogP) is 1.24. The molecule has 4 aromatic carbocycles. The van der Waals surface area contributed by atoms with E-state index in [4.69, 9.17) is 0 Å². The summed E-state index contributed by atoms with van der Waals surface area (Å²) in [5.41, 5.74) is 6.12. The van der Waals surface area contributed by atoms with Gasteiger partial charge in [0.05, 0.1) is 0 Å². The van der Waals surface area contributed by atoms with Crippen LogP contribution < -0.4 is 24.8 Å². The summed E-state index contributed by atoms with van der Waals surface area (Å²) in [4.78, 5) is 28.6. The first-order chi connectivity index (χ1) is 17.7. The van der Waals surface area contributed by atoms with E-state index in [2.05, 4.69) is 72.8 Å². The van der Waals surface area contributed by atoms with Crippen molar-refractivity contribution in [1.82, 2.24) is 0 Å². The van der Waals surface area contributed by atoms with Gasteiger partial charge < -0.3 is 24.8 Å². The monoisotopic (exact) mass is 612 g/mol. The molecule has 0 N–H and O–H groups in total. The van der Waals surface area contributed by atoms with Crippen molar-refractivity contribution < 1.29 is 55.7 Å². The van der Waals surface area contributed by atoms with Gasteiger partial charge in [0.25, 0.3) is 0 Å². The molecule has 5 heteroatoms. The van der Waals surface area contributed by atoms with Crippen LogP contribution >= 0.6 is 0 Å². The summed E-state index contributed by atoms with van der Waals surface area (Å²) in [6.07, 6.45) is 8.54. The quantitative estimate of drug-likeness (QED) is 0.242. The Hall–Kier alpha value is -2.97. The second-order valence-electron chi connectivity index (χ2n) is 9.12. The molecule has 0 saturated carbocycles. The van der Waals surface area contributed by atoms with E-state index in [0.29, 0.717) is 14.3 Å². The van der Waals surface area contributed by atoms with Gasteiger partial charge in [-0.3, -0.25) is 0 Å². The first kappa shape index (κ1) is 28.1. The fourth-order valence-electron chi connectivity index (χ4n) is 5.47. The molecule has 38 heavy (non-hydrogen) atoms. The molecule has 6 rings (SSSR count). The van der Waals surface area contributed by atoms with Gasteiger partial charge in [-0.25, -0.2) is 0 Å². The summed E-state index contributed by atoms with van der Waals surface area (Å²) in [5.74, 6) is -0.233. The summed E-state index contributed by atoms with van der Waals surface area (Å²) in [6.45, 7) is 0. The second-order valence-corrected chi connectivity index (χ2v) is 15.6. The van der Waals surface area contributed by atoms with Gasteiger partial charge in [-0.1, -0.05) is 0 Å². The number of ketones is 2. The minimum Gasteiger partial charge on any atom is -1.00 e. The standard InChI is InChI=1S/C15H10O2.C13H9.C5H5.2ClH.Zr/c16-14(12-7-3-1-4-8-12)11-15(17)13-9-5-2-6-10-13;1-3-7-12-10(5-1)9-11-6-2-4-8-13(11)12;1-2-4-5-3-1;;;/h1-10H;1-9H;1-5H;2*1H;/q;;;;;+2/p-2. The minimum atomic E-state index is -3.16. The largest absolute Gasteiger partial charge is 1.00 e. The van der Waals surface area contributed by atoms with Crippen LogP contribution in [0.3, 0.4) is 0 Å². The molecule has 0 radical (unpaired) electrons. The molecule has 2 aliphatic rings. The Balaban J connectivity index is 0.00000168. The van der Waals surface area contributed by atoms with Crippen LogP contribution in [0.2, 0.25) is 3.63 Å². The third kappa shape index (κ3) is 5.04. The topological polar surface area (TPSA) is 34.1 Å². The number of carbonyl (C=O) groups is 2. The van der Waals surface area contributed by atoms with Crippen molar-refractivity contribution >= 4 is 14.8 Å². The molecule has 2 nitrogen and oxygen atoms in total. The Labute approximate surface area is 243 Å². The van der Waals surface area contributed by atoms with E-state index in [1.807, 2.05) is 60.7 Å². The van der Waals surface area contributed by atoms with Crippen LogP contribution in [0.4, 0.5) is 0 Å². The fourth-order valence-corrected chi connectivity index (χ4v) is 14.4. The van der Waals surface area contributed by atoms with E-state index in [9.17, 15) is 9.59 Å². The van der Waals surface area contributed by atoms with Crippen molar-refractivity contribution in [1.29, 1.82) is 0 Å². The molecule has 0 amide bonds. The van der Waals surface area contributed by atoms with Crippen molar-refractivity contribution in [3.63, 3.8) is 0 Å². The van der Waals surface area contributed by atoms with Gasteiger partial charge in [0.1, 0.15) is 0 Å². The van der Waals surface area contributed by atoms with Crippen molar-refractivity contribution in [3.8, 4) is 11.1 Å². The average Bonchev–Trinajstić information content (AvgIpc) is 3.59. The molecule has 0 spiro atoms. The van der Waals surface area contributed by atoms with Crippen molar-refractivity contribution in [2.24, 2.45) is 0 Å². The van der Waals surface area contributed by atoms with E-state index in [-0.39, 0.29) is 43.6 Å². The van der Waals surface area contributed by atoms with Crippen LogP contribution in [0.5, 0.6) is 0 Å². The summed E-state index contributed by atoms with van der Waals surface area (Å²) in [7, 11) is 0. The number of allylic oxidation sites excluding steroid dienone is 4. The summed E-state index contributed by atoms with van der Waals surface area (Å²) < 4.78 is 0.729. The zero-order valence-electron chi connectivity index (χ0n) is 20.4. The molecule has 0 unspecified atom stereocenters. The van der Waals surface area contributed by atoms with Crippen LogP contribution in [0.15, 0.2) is 133 Å². The van der Waals surface area contributed by atoms with Crippen LogP contribution in [0.25, 0.3) is 11.1 Å². The summed E-state index contributed by atoms with van der Waals surface area (Å²) in [6, 6.07) is 35.7. The van der Waals surface area contributed by atoms with Crippen LogP contribution in [0, 0.1) is 0 Å². The number of fused-ring (bicyclic) bond motifs is 3. The smallest absolute Gasteiger partial charge is 1.00 e. The Morgan fingerprint density at radius 2 is 0.921 bits per heavy atom. The van der Waals surface area contributed by atoms with Gasteiger partial charge in [0.2, 0.25) is 0 Å². The number of hydrogen-bond donors (Lipinski definition) is 0. The van der Waals surface area contributed by atoms with E-state index in [1.165, 1.54) is 22.3 Å². The second kappa shape index (κ2) is 12.3. The Kier molecular flexibility index (Phi) is 9.05. The molecule has 2 aliphatic carbocycles. The summed E-state index contributed by atoms with van der Waals surface area (Å²) >= 11 is -3.16. The maximum atomic E-state index is 14.3. The average molecular weight is 615 g/mol. The maximum Gasteiger partial charge on any atom is -1.00 e. The predicted molar refractivity (Wildman–Crippen MR) is 142 cm³/mol. The van der Waals surface area contributed by atoms with Crippen LogP contribution in [-0.2, 0) is 21.3 Å². The molecule has 0 bridgehead atoms. The molecular formula is C33H24Cl2O2Zr. The first-order valence-corrected chi connectivity index (χ1v) is 16.3. The molecule has 0 aliphatic heterocycles. The van der Waals surface area contributed by atoms with Crippen molar-refractivity contribution in [2.45, 2.75) is 7.25 Å². The number of Topliss-reactive ketones (excluding diaryl/α,β-unsaturated/α-hetero) is 2. The molecule has 0 aromatic heterocycles. The Morgan fingerprint density at radius 3 is 1.37 bits per heavy atom. The maximum absolute atomic E-state index is 14.3. The van der Waals surface area contributed by atoms with Gasteiger partial charge in [-0.2, -0.15) is 0 Å². The number of benzene rings is 4. The molecule has 0 atom stereocenters. The SMILES string of the molecule is O=C([C](C(=O)c1ccccc1)=[Zr+2]([CH]1C=CC=C1)[CH]1c2ccccc2-c2ccccc21)c1ccccc1.[Cl-].[Cl-]. The van der Waals surface area contributed by atoms with Crippen molar-refractivity contribution in [2.75, 3.05) is 0 Å². The molecular weight excluding hydrogens is 590 g/mol. The van der Waals surface area contributed by atoms with Gasteiger partial charge in [-0.05, 0) is 0 Å². The Bertz CT molecular complexity index is 1460. The van der Waals surface area contributed by atoms with Crippen LogP contribution in [0.1, 0.15) is 35.5 Å². The summed E-state index contributed by atoms with van der Waals surface area (Å²) in [5, 5.41) is 0. The number of rotatable bonds is 6. The Morgan fingerprint density at radius 1 is 0.526 bits per heavy atom. The van der Waals surface area contributed by atoms with Crippen LogP contribution in [-0.4, -0.2) is 14.8 Å². The first-order valence-electron chi connectivity index (χ1n) is 12.2. The molecule has 0 saturated heterocycles. The van der Waals surface area contributed by atoms with Gasteiger partial charge >= 0.3 is 220 Å². The zero-order valence-corrected chi connectivity index (χ0v) is 24.4. The van der Waals surface area contributed by atoms with E-state index >= 15 is 0 Å². The van der Waals surface area contributed by atoms with Crippen molar-refractivity contribution in [3.05, 3.63) is 156 Å². The zero-order chi connectivity index (χ0) is 24.5. The van der Waals surface area contributed by atoms with E-state index < -0.39 is 21.3 Å². The molecule has 0 heterocycles. The molecule has 0 fully saturated rings. The molecule has 4 aromatic rings. The third-order valence-corrected chi connectivity index (χ3v) is 15.4. The van der Waals surface area contributed by atoms with E-state index in [0.717, 1.165) is 0 Å². The number of hydrogen-bond acceptors (Lipinski definition) is 2. The number of carbonyl (C=O) groups excluding carboxylic acids is 2. The normalized spacial score (nSPS) is 12.9. The van der Waals surface area contributed by atoms with E-state index in [1.54, 1.807) is 0 Å². The molecule has 186 valence electrons. The third-order valence-electron chi connectivity index (χ3n) is 7.07. The van der Waals surface area contributed by atoms with Gasteiger partial charge in [0.15, 0.2) is 0 Å². The minimum absolute atomic E-state index is 0. The van der Waals surface area contributed by atoms with Gasteiger partial charge in [-0.15, -0.1) is 0 Å². The number of halogens is 2.